The van der Waals surface area contributed by atoms with Crippen LogP contribution in [0, 0.1) is 5.92 Å². The summed E-state index contributed by atoms with van der Waals surface area (Å²) in [5, 5.41) is 20.2. The molecule has 0 saturated heterocycles. The van der Waals surface area contributed by atoms with E-state index in [1.54, 1.807) is 49.6 Å². The number of ether oxygens (including phenoxy) is 3. The quantitative estimate of drug-likeness (QED) is 0.144. The topological polar surface area (TPSA) is 126 Å². The molecule has 0 aromatic heterocycles. The molecule has 35 heavy (non-hydrogen) atoms. The van der Waals surface area contributed by atoms with E-state index >= 15 is 0 Å². The lowest BCUT2D eigenvalue weighted by Crippen LogP contribution is -2.22. The molecule has 2 atom stereocenters. The Morgan fingerprint density at radius 2 is 1.71 bits per heavy atom. The second kappa shape index (κ2) is 15.2. The molecule has 0 fully saturated rings. The number of hydrogen-bond acceptors (Lipinski definition) is 7. The Morgan fingerprint density at radius 3 is 2.34 bits per heavy atom. The summed E-state index contributed by atoms with van der Waals surface area (Å²) in [6, 6.07) is 14.1. The van der Waals surface area contributed by atoms with Crippen LogP contribution in [0.3, 0.4) is 0 Å². The van der Waals surface area contributed by atoms with Crippen LogP contribution < -0.4 is 20.3 Å². The van der Waals surface area contributed by atoms with Gasteiger partial charge in [0.2, 0.25) is 0 Å². The first-order valence-electron chi connectivity index (χ1n) is 11.2. The van der Waals surface area contributed by atoms with E-state index in [9.17, 15) is 9.59 Å². The van der Waals surface area contributed by atoms with Gasteiger partial charge in [0.05, 0.1) is 13.7 Å². The average molecular weight is 485 g/mol. The van der Waals surface area contributed by atoms with Crippen molar-refractivity contribution in [2.45, 2.75) is 25.9 Å². The van der Waals surface area contributed by atoms with Crippen LogP contribution in [0.25, 0.3) is 0 Å². The van der Waals surface area contributed by atoms with Crippen LogP contribution in [-0.2, 0) is 9.53 Å². The summed E-state index contributed by atoms with van der Waals surface area (Å²) in [6.45, 7) is 2.11. The lowest BCUT2D eigenvalue weighted by molar-refractivity contribution is -0.124. The zero-order chi connectivity index (χ0) is 25.5. The van der Waals surface area contributed by atoms with Gasteiger partial charge in [0, 0.05) is 11.8 Å². The van der Waals surface area contributed by atoms with E-state index in [4.69, 9.17) is 24.5 Å². The minimum atomic E-state index is -0.606. The van der Waals surface area contributed by atoms with Crippen molar-refractivity contribution in [3.63, 3.8) is 0 Å². The first-order chi connectivity index (χ1) is 17.0. The van der Waals surface area contributed by atoms with Gasteiger partial charge in [-0.25, -0.2) is 10.3 Å². The van der Waals surface area contributed by atoms with Gasteiger partial charge in [-0.1, -0.05) is 37.3 Å². The number of allylic oxidation sites excluding steroid dienone is 3. The largest absolute Gasteiger partial charge is 0.497 e. The Labute approximate surface area is 205 Å². The normalized spacial score (nSPS) is 12.8. The number of carbonyl (C=O) groups is 2. The molecule has 188 valence electrons. The molecular formula is C26H32N2O7. The monoisotopic (exact) mass is 484 g/mol. The van der Waals surface area contributed by atoms with E-state index in [1.165, 1.54) is 17.6 Å². The van der Waals surface area contributed by atoms with Crippen molar-refractivity contribution in [3.05, 3.63) is 78.4 Å². The Balaban J connectivity index is 2.07. The Morgan fingerprint density at radius 1 is 1.03 bits per heavy atom. The molecule has 0 aliphatic carbocycles. The van der Waals surface area contributed by atoms with E-state index in [0.29, 0.717) is 30.0 Å². The predicted octanol–water partition coefficient (Wildman–Crippen LogP) is 4.39. The highest BCUT2D eigenvalue weighted by Crippen LogP contribution is 2.31. The Kier molecular flexibility index (Phi) is 11.9. The molecule has 9 heteroatoms. The Bertz CT molecular complexity index is 972. The molecule has 0 radical (unpaired) electrons. The molecule has 0 bridgehead atoms. The van der Waals surface area contributed by atoms with E-state index in [-0.39, 0.29) is 19.1 Å². The van der Waals surface area contributed by atoms with Crippen LogP contribution in [0.5, 0.6) is 11.5 Å². The minimum absolute atomic E-state index is 0.0322. The molecule has 2 aromatic rings. The minimum Gasteiger partial charge on any atom is -0.497 e. The lowest BCUT2D eigenvalue weighted by atomic mass is 9.93. The fraction of sp³-hybridized carbons (Fsp3) is 0.308. The molecule has 2 amide bonds. The average Bonchev–Trinajstić information content (AvgIpc) is 2.88. The van der Waals surface area contributed by atoms with Gasteiger partial charge in [-0.2, -0.15) is 0 Å². The number of amides is 2. The predicted molar refractivity (Wildman–Crippen MR) is 131 cm³/mol. The Hall–Kier alpha value is -3.82. The molecule has 0 spiro atoms. The fourth-order valence-corrected chi connectivity index (χ4v) is 3.23. The van der Waals surface area contributed by atoms with Crippen LogP contribution in [-0.4, -0.2) is 42.6 Å². The lowest BCUT2D eigenvalue weighted by Gasteiger charge is -2.25. The van der Waals surface area contributed by atoms with Gasteiger partial charge >= 0.3 is 6.09 Å². The molecule has 0 saturated carbocycles. The first-order valence-corrected chi connectivity index (χ1v) is 11.2. The number of aliphatic hydroxyl groups is 1. The van der Waals surface area contributed by atoms with Crippen LogP contribution in [0.4, 0.5) is 10.5 Å². The van der Waals surface area contributed by atoms with Gasteiger partial charge in [0.15, 0.2) is 0 Å². The standard InChI is InChI=1S/C26H32N2O7/c1-19(7-5-3-4-6-8-24(30)28-32)25(20-9-13-23(14-10-20)34-18-17-29)35-26(31)27-21-11-15-22(33-2)16-12-21/h3-4,6,8-16,19,25,29,32H,5,7,17-18H2,1-2H3,(H,27,31)(H,28,30)/b4-3+,8-6+/t19-,25-/m1/s1. The number of hydroxylamine groups is 1. The summed E-state index contributed by atoms with van der Waals surface area (Å²) >= 11 is 0. The zero-order valence-corrected chi connectivity index (χ0v) is 19.8. The smallest absolute Gasteiger partial charge is 0.412 e. The van der Waals surface area contributed by atoms with Crippen molar-refractivity contribution in [3.8, 4) is 11.5 Å². The van der Waals surface area contributed by atoms with E-state index < -0.39 is 18.1 Å². The van der Waals surface area contributed by atoms with Gasteiger partial charge in [-0.3, -0.25) is 15.3 Å². The summed E-state index contributed by atoms with van der Waals surface area (Å²) < 4.78 is 16.4. The molecule has 0 aliphatic heterocycles. The maximum absolute atomic E-state index is 12.7. The number of nitrogens with one attached hydrogen (secondary N) is 2. The van der Waals surface area contributed by atoms with Crippen LogP contribution in [0.2, 0.25) is 0 Å². The van der Waals surface area contributed by atoms with Gasteiger partial charge < -0.3 is 19.3 Å². The second-order valence-electron chi connectivity index (χ2n) is 7.64. The first kappa shape index (κ1) is 27.4. The van der Waals surface area contributed by atoms with Gasteiger partial charge in [-0.05, 0) is 60.7 Å². The van der Waals surface area contributed by atoms with E-state index in [0.717, 1.165) is 5.56 Å². The van der Waals surface area contributed by atoms with E-state index in [2.05, 4.69) is 5.32 Å². The number of anilines is 1. The van der Waals surface area contributed by atoms with Crippen molar-refractivity contribution in [2.24, 2.45) is 5.92 Å². The van der Waals surface area contributed by atoms with Gasteiger partial charge in [0.25, 0.3) is 5.91 Å². The number of methoxy groups -OCH3 is 1. The molecule has 0 aliphatic rings. The fourth-order valence-electron chi connectivity index (χ4n) is 3.23. The molecule has 0 heterocycles. The highest BCUT2D eigenvalue weighted by Gasteiger charge is 2.23. The van der Waals surface area contributed by atoms with Crippen LogP contribution in [0.1, 0.15) is 31.4 Å². The molecule has 4 N–H and O–H groups in total. The third kappa shape index (κ3) is 9.91. The maximum atomic E-state index is 12.7. The second-order valence-corrected chi connectivity index (χ2v) is 7.64. The summed E-state index contributed by atoms with van der Waals surface area (Å²) in [5.41, 5.74) is 2.91. The summed E-state index contributed by atoms with van der Waals surface area (Å²) in [7, 11) is 1.57. The number of hydrogen-bond donors (Lipinski definition) is 4. The van der Waals surface area contributed by atoms with Gasteiger partial charge in [0.1, 0.15) is 24.2 Å². The number of aliphatic hydroxyl groups excluding tert-OH is 1. The number of carbonyl (C=O) groups excluding carboxylic acids is 2. The van der Waals surface area contributed by atoms with Crippen LogP contribution >= 0.6 is 0 Å². The summed E-state index contributed by atoms with van der Waals surface area (Å²) in [6.07, 6.45) is 6.61. The molecule has 0 unspecified atom stereocenters. The van der Waals surface area contributed by atoms with Gasteiger partial charge in [-0.15, -0.1) is 0 Å². The summed E-state index contributed by atoms with van der Waals surface area (Å²) in [5.74, 6) is 0.651. The SMILES string of the molecule is COc1ccc(NC(=O)O[C@@H](c2ccc(OCCO)cc2)[C@H](C)CC/C=C/C=C/C(=O)NO)cc1. The number of rotatable bonds is 13. The van der Waals surface area contributed by atoms with Crippen molar-refractivity contribution in [2.75, 3.05) is 25.6 Å². The summed E-state index contributed by atoms with van der Waals surface area (Å²) in [4.78, 5) is 23.7. The highest BCUT2D eigenvalue weighted by atomic mass is 16.6. The van der Waals surface area contributed by atoms with Crippen molar-refractivity contribution in [1.29, 1.82) is 0 Å². The maximum Gasteiger partial charge on any atom is 0.412 e. The molecular weight excluding hydrogens is 452 g/mol. The molecule has 2 aromatic carbocycles. The number of benzene rings is 2. The van der Waals surface area contributed by atoms with Crippen molar-refractivity contribution in [1.82, 2.24) is 5.48 Å². The van der Waals surface area contributed by atoms with E-state index in [1.807, 2.05) is 25.1 Å². The van der Waals surface area contributed by atoms with Crippen molar-refractivity contribution < 1.29 is 34.1 Å². The van der Waals surface area contributed by atoms with Crippen LogP contribution in [0.15, 0.2) is 72.8 Å². The molecule has 9 nitrogen and oxygen atoms in total. The molecule has 2 rings (SSSR count). The third-order valence-corrected chi connectivity index (χ3v) is 5.05. The zero-order valence-electron chi connectivity index (χ0n) is 19.8. The van der Waals surface area contributed by atoms with Crippen molar-refractivity contribution >= 4 is 17.7 Å². The third-order valence-electron chi connectivity index (χ3n) is 5.05. The highest BCUT2D eigenvalue weighted by molar-refractivity contribution is 5.86.